The summed E-state index contributed by atoms with van der Waals surface area (Å²) >= 11 is 0. The number of alkyl halides is 3. The number of aromatic nitrogens is 2. The lowest BCUT2D eigenvalue weighted by molar-refractivity contribution is -0.176. The van der Waals surface area contributed by atoms with Gasteiger partial charge in [0.2, 0.25) is 0 Å². The minimum absolute atomic E-state index is 0.283. The van der Waals surface area contributed by atoms with Gasteiger partial charge >= 0.3 is 6.18 Å². The molecule has 0 fully saturated rings. The van der Waals surface area contributed by atoms with Crippen LogP contribution in [0.5, 0.6) is 5.75 Å². The highest BCUT2D eigenvalue weighted by atomic mass is 19.4. The molecule has 1 N–H and O–H groups in total. The summed E-state index contributed by atoms with van der Waals surface area (Å²) in [6, 6.07) is 11.7. The summed E-state index contributed by atoms with van der Waals surface area (Å²) in [7, 11) is 1.42. The van der Waals surface area contributed by atoms with Crippen LogP contribution in [0.3, 0.4) is 0 Å². The van der Waals surface area contributed by atoms with E-state index in [4.69, 9.17) is 9.47 Å². The van der Waals surface area contributed by atoms with E-state index >= 15 is 0 Å². The van der Waals surface area contributed by atoms with Gasteiger partial charge in [0.05, 0.1) is 24.6 Å². The summed E-state index contributed by atoms with van der Waals surface area (Å²) < 4.78 is 46.7. The third-order valence-electron chi connectivity index (χ3n) is 3.69. The van der Waals surface area contributed by atoms with Gasteiger partial charge in [-0.15, -0.1) is 0 Å². The number of halogens is 3. The van der Waals surface area contributed by atoms with Gasteiger partial charge in [-0.2, -0.15) is 13.2 Å². The molecule has 0 radical (unpaired) electrons. The van der Waals surface area contributed by atoms with Crippen molar-refractivity contribution in [2.24, 2.45) is 0 Å². The highest BCUT2D eigenvalue weighted by molar-refractivity contribution is 5.79. The molecule has 0 aliphatic heterocycles. The molecule has 0 unspecified atom stereocenters. The van der Waals surface area contributed by atoms with Crippen LogP contribution in [0.15, 0.2) is 47.3 Å². The molecule has 8 heteroatoms. The predicted octanol–water partition coefficient (Wildman–Crippen LogP) is 3.68. The van der Waals surface area contributed by atoms with Crippen molar-refractivity contribution in [2.45, 2.75) is 12.8 Å². The third-order valence-corrected chi connectivity index (χ3v) is 3.69. The molecule has 0 saturated carbocycles. The van der Waals surface area contributed by atoms with Crippen LogP contribution in [0.4, 0.5) is 13.2 Å². The Bertz CT molecular complexity index is 983. The number of benzene rings is 2. The average Bonchev–Trinajstić information content (AvgIpc) is 2.60. The van der Waals surface area contributed by atoms with Crippen molar-refractivity contribution in [3.05, 3.63) is 58.4 Å². The Kier molecular flexibility index (Phi) is 4.94. The van der Waals surface area contributed by atoms with Crippen molar-refractivity contribution >= 4 is 10.9 Å². The van der Waals surface area contributed by atoms with Crippen LogP contribution in [-0.2, 0) is 11.3 Å². The molecule has 3 aromatic rings. The average molecular weight is 364 g/mol. The lowest BCUT2D eigenvalue weighted by atomic mass is 10.1. The molecular formula is C18H15F3N2O3. The van der Waals surface area contributed by atoms with Gasteiger partial charge in [-0.05, 0) is 30.3 Å². The maximum Gasteiger partial charge on any atom is 0.411 e. The number of fused-ring (bicyclic) bond motifs is 1. The third kappa shape index (κ3) is 4.02. The first-order chi connectivity index (χ1) is 12.4. The van der Waals surface area contributed by atoms with Gasteiger partial charge in [-0.1, -0.05) is 12.1 Å². The van der Waals surface area contributed by atoms with Crippen molar-refractivity contribution in [1.29, 1.82) is 0 Å². The Hall–Kier alpha value is -2.87. The minimum atomic E-state index is -4.41. The van der Waals surface area contributed by atoms with E-state index < -0.39 is 12.8 Å². The van der Waals surface area contributed by atoms with E-state index in [9.17, 15) is 18.0 Å². The number of rotatable bonds is 5. The predicted molar refractivity (Wildman–Crippen MR) is 90.1 cm³/mol. The standard InChI is InChI=1S/C18H15F3N2O3/c1-25-15-7-6-11(8-12(15)9-26-10-18(19,20)21)16-22-14-5-3-2-4-13(14)17(24)23-16/h2-8H,9-10H2,1H3,(H,22,23,24). The fourth-order valence-corrected chi connectivity index (χ4v) is 2.54. The molecule has 0 aliphatic carbocycles. The van der Waals surface area contributed by atoms with E-state index in [0.717, 1.165) is 0 Å². The lowest BCUT2D eigenvalue weighted by Gasteiger charge is -2.12. The quantitative estimate of drug-likeness (QED) is 0.750. The van der Waals surface area contributed by atoms with E-state index in [1.54, 1.807) is 42.5 Å². The molecule has 26 heavy (non-hydrogen) atoms. The molecule has 0 atom stereocenters. The van der Waals surface area contributed by atoms with Gasteiger partial charge in [-0.25, -0.2) is 4.98 Å². The highest BCUT2D eigenvalue weighted by Gasteiger charge is 2.27. The molecule has 3 rings (SSSR count). The monoisotopic (exact) mass is 364 g/mol. The van der Waals surface area contributed by atoms with Crippen LogP contribution in [-0.4, -0.2) is 29.9 Å². The van der Waals surface area contributed by atoms with Crippen LogP contribution in [0.25, 0.3) is 22.3 Å². The van der Waals surface area contributed by atoms with Crippen molar-refractivity contribution in [2.75, 3.05) is 13.7 Å². The number of para-hydroxylation sites is 1. The summed E-state index contributed by atoms with van der Waals surface area (Å²) in [5.41, 5.74) is 1.19. The van der Waals surface area contributed by atoms with Crippen molar-refractivity contribution in [3.8, 4) is 17.1 Å². The van der Waals surface area contributed by atoms with Crippen LogP contribution in [0.1, 0.15) is 5.56 Å². The molecule has 2 aromatic carbocycles. The van der Waals surface area contributed by atoms with Gasteiger partial charge in [-0.3, -0.25) is 4.79 Å². The summed E-state index contributed by atoms with van der Waals surface area (Å²) in [6.45, 7) is -1.64. The second kappa shape index (κ2) is 7.17. The molecule has 0 spiro atoms. The molecule has 1 heterocycles. The first-order valence-corrected chi connectivity index (χ1v) is 7.68. The molecule has 5 nitrogen and oxygen atoms in total. The van der Waals surface area contributed by atoms with Crippen LogP contribution >= 0.6 is 0 Å². The topological polar surface area (TPSA) is 64.2 Å². The molecule has 0 aliphatic rings. The van der Waals surface area contributed by atoms with Gasteiger partial charge in [0, 0.05) is 11.1 Å². The van der Waals surface area contributed by atoms with Crippen LogP contribution < -0.4 is 10.3 Å². The fraction of sp³-hybridized carbons (Fsp3) is 0.222. The summed E-state index contributed by atoms with van der Waals surface area (Å²) in [6.07, 6.45) is -4.41. The van der Waals surface area contributed by atoms with Gasteiger partial charge in [0.25, 0.3) is 5.56 Å². The second-order valence-corrected chi connectivity index (χ2v) is 5.57. The number of H-pyrrole nitrogens is 1. The largest absolute Gasteiger partial charge is 0.496 e. The van der Waals surface area contributed by atoms with Crippen molar-refractivity contribution in [3.63, 3.8) is 0 Å². The zero-order valence-electron chi connectivity index (χ0n) is 13.8. The first kappa shape index (κ1) is 17.9. The highest BCUT2D eigenvalue weighted by Crippen LogP contribution is 2.26. The van der Waals surface area contributed by atoms with Gasteiger partial charge < -0.3 is 14.5 Å². The summed E-state index contributed by atoms with van der Waals surface area (Å²) in [5, 5.41) is 0.457. The van der Waals surface area contributed by atoms with Crippen molar-refractivity contribution < 1.29 is 22.6 Å². The Labute approximate surface area is 146 Å². The number of ether oxygens (including phenoxy) is 2. The van der Waals surface area contributed by atoms with Gasteiger partial charge in [0.15, 0.2) is 0 Å². The summed E-state index contributed by atoms with van der Waals surface area (Å²) in [5.74, 6) is 0.701. The summed E-state index contributed by atoms with van der Waals surface area (Å²) in [4.78, 5) is 19.3. The molecule has 1 aromatic heterocycles. The maximum atomic E-state index is 12.3. The van der Waals surface area contributed by atoms with E-state index in [-0.39, 0.29) is 12.2 Å². The Morgan fingerprint density at radius 3 is 2.65 bits per heavy atom. The Balaban J connectivity index is 1.95. The smallest absolute Gasteiger partial charge is 0.411 e. The SMILES string of the molecule is COc1ccc(-c2nc3ccccc3c(=O)[nH]2)cc1COCC(F)(F)F. The second-order valence-electron chi connectivity index (χ2n) is 5.57. The van der Waals surface area contributed by atoms with E-state index in [2.05, 4.69) is 9.97 Å². The zero-order chi connectivity index (χ0) is 18.7. The molecule has 0 bridgehead atoms. The number of methoxy groups -OCH3 is 1. The normalized spacial score (nSPS) is 11.7. The van der Waals surface area contributed by atoms with Gasteiger partial charge in [0.1, 0.15) is 18.2 Å². The van der Waals surface area contributed by atoms with Crippen molar-refractivity contribution in [1.82, 2.24) is 9.97 Å². The van der Waals surface area contributed by atoms with E-state index in [1.165, 1.54) is 7.11 Å². The number of hydrogen-bond donors (Lipinski definition) is 1. The number of nitrogens with one attached hydrogen (secondary N) is 1. The Morgan fingerprint density at radius 1 is 1.15 bits per heavy atom. The minimum Gasteiger partial charge on any atom is -0.496 e. The van der Waals surface area contributed by atoms with Crippen LogP contribution in [0.2, 0.25) is 0 Å². The molecule has 0 saturated heterocycles. The molecule has 0 amide bonds. The number of nitrogens with zero attached hydrogens (tertiary/aromatic N) is 1. The fourth-order valence-electron chi connectivity index (χ4n) is 2.54. The number of aromatic amines is 1. The molecule has 136 valence electrons. The first-order valence-electron chi connectivity index (χ1n) is 7.68. The molecular weight excluding hydrogens is 349 g/mol. The van der Waals surface area contributed by atoms with E-state index in [1.807, 2.05) is 0 Å². The van der Waals surface area contributed by atoms with E-state index in [0.29, 0.717) is 33.6 Å². The maximum absolute atomic E-state index is 12.3. The Morgan fingerprint density at radius 2 is 1.92 bits per heavy atom. The van der Waals surface area contributed by atoms with Crippen LogP contribution in [0, 0.1) is 0 Å². The lowest BCUT2D eigenvalue weighted by Crippen LogP contribution is -2.17. The zero-order valence-corrected chi connectivity index (χ0v) is 13.8. The number of hydrogen-bond acceptors (Lipinski definition) is 4.